The molecule has 12 heteroatoms. The topological polar surface area (TPSA) is 134 Å². The second-order valence-corrected chi connectivity index (χ2v) is 11.2. The number of amides is 1. The molecule has 1 aromatic carbocycles. The van der Waals surface area contributed by atoms with Crippen LogP contribution in [0.15, 0.2) is 18.2 Å². The second-order valence-electron chi connectivity index (χ2n) is 11.2. The number of nitrogens with zero attached hydrogens (tertiary/aromatic N) is 3. The van der Waals surface area contributed by atoms with Crippen LogP contribution in [0.2, 0.25) is 0 Å². The lowest BCUT2D eigenvalue weighted by Crippen LogP contribution is -2.40. The molecule has 1 atom stereocenters. The standard InChI is InChI=1S/C30H39N5O6.BrH/c1-8-39-23-12-18-14-35(28(31)25(18)33-26(23)29(38)32-6)16-22(36)17-10-20(30(3,4)5)27-21(11-17)34(7)15-19(41-27)13-24(37)40-9-2;/h10-12,19,31H,8-9,13-16H2,1-7H3,(H,32,38);1H. The summed E-state index contributed by atoms with van der Waals surface area (Å²) in [6, 6.07) is 5.39. The van der Waals surface area contributed by atoms with Crippen molar-refractivity contribution in [2.45, 2.75) is 59.1 Å². The van der Waals surface area contributed by atoms with Crippen molar-refractivity contribution in [3.8, 4) is 11.5 Å². The van der Waals surface area contributed by atoms with Crippen molar-refractivity contribution in [3.63, 3.8) is 0 Å². The van der Waals surface area contributed by atoms with Gasteiger partial charge in [-0.15, -0.1) is 17.0 Å². The van der Waals surface area contributed by atoms with Crippen LogP contribution in [0.3, 0.4) is 0 Å². The van der Waals surface area contributed by atoms with E-state index in [0.29, 0.717) is 49.1 Å². The molecule has 2 aliphatic heterocycles. The maximum atomic E-state index is 13.7. The number of carbonyl (C=O) groups is 3. The average Bonchev–Trinajstić information content (AvgIpc) is 3.20. The lowest BCUT2D eigenvalue weighted by molar-refractivity contribution is -0.144. The Morgan fingerprint density at radius 1 is 1.17 bits per heavy atom. The van der Waals surface area contributed by atoms with Crippen molar-refractivity contribution in [1.82, 2.24) is 15.2 Å². The number of likely N-dealkylation sites (N-methyl/N-ethyl adjacent to an activating group) is 1. The maximum absolute atomic E-state index is 13.7. The Labute approximate surface area is 257 Å². The van der Waals surface area contributed by atoms with Gasteiger partial charge in [-0.05, 0) is 37.5 Å². The Morgan fingerprint density at radius 2 is 1.88 bits per heavy atom. The van der Waals surface area contributed by atoms with Gasteiger partial charge in [0.15, 0.2) is 17.2 Å². The van der Waals surface area contributed by atoms with E-state index < -0.39 is 5.91 Å². The van der Waals surface area contributed by atoms with Crippen molar-refractivity contribution >= 4 is 46.2 Å². The molecule has 0 saturated heterocycles. The van der Waals surface area contributed by atoms with Gasteiger partial charge in [-0.25, -0.2) is 4.98 Å². The summed E-state index contributed by atoms with van der Waals surface area (Å²) >= 11 is 0. The van der Waals surface area contributed by atoms with Crippen molar-refractivity contribution in [2.75, 3.05) is 45.3 Å². The SMILES string of the molecule is Br.CCOC(=O)CC1CN(C)c2cc(C(=O)CN3Cc4cc(OCC)c(C(=O)NC)nc4C3=N)cc(C(C)(C)C)c2O1. The lowest BCUT2D eigenvalue weighted by atomic mass is 9.83. The smallest absolute Gasteiger partial charge is 0.309 e. The Hall–Kier alpha value is -3.67. The molecular weight excluding hydrogens is 606 g/mol. The molecule has 11 nitrogen and oxygen atoms in total. The summed E-state index contributed by atoms with van der Waals surface area (Å²) in [7, 11) is 3.43. The Kier molecular flexibility index (Phi) is 10.2. The van der Waals surface area contributed by atoms with E-state index in [1.54, 1.807) is 17.9 Å². The molecule has 2 aromatic rings. The fourth-order valence-electron chi connectivity index (χ4n) is 5.10. The van der Waals surface area contributed by atoms with Gasteiger partial charge in [-0.3, -0.25) is 19.8 Å². The van der Waals surface area contributed by atoms with E-state index >= 15 is 0 Å². The van der Waals surface area contributed by atoms with Gasteiger partial charge in [0.1, 0.15) is 23.4 Å². The highest BCUT2D eigenvalue weighted by atomic mass is 79.9. The number of aromatic nitrogens is 1. The van der Waals surface area contributed by atoms with Gasteiger partial charge in [0, 0.05) is 37.3 Å². The van der Waals surface area contributed by atoms with Crippen molar-refractivity contribution < 1.29 is 28.6 Å². The summed E-state index contributed by atoms with van der Waals surface area (Å²) in [5, 5.41) is 11.3. The van der Waals surface area contributed by atoms with E-state index in [1.165, 1.54) is 7.05 Å². The minimum Gasteiger partial charge on any atom is -0.491 e. The van der Waals surface area contributed by atoms with E-state index in [1.807, 2.05) is 51.8 Å². The Balaban J connectivity index is 0.00000484. The molecule has 0 saturated carbocycles. The van der Waals surface area contributed by atoms with Crippen LogP contribution in [0, 0.1) is 5.41 Å². The first-order valence-corrected chi connectivity index (χ1v) is 13.9. The third kappa shape index (κ3) is 6.69. The molecule has 0 fully saturated rings. The molecule has 2 aliphatic rings. The van der Waals surface area contributed by atoms with Gasteiger partial charge >= 0.3 is 5.97 Å². The molecule has 0 spiro atoms. The molecule has 42 heavy (non-hydrogen) atoms. The van der Waals surface area contributed by atoms with Gasteiger partial charge in [0.25, 0.3) is 5.91 Å². The average molecular weight is 647 g/mol. The largest absolute Gasteiger partial charge is 0.491 e. The van der Waals surface area contributed by atoms with Crippen LogP contribution in [0.25, 0.3) is 0 Å². The van der Waals surface area contributed by atoms with E-state index in [2.05, 4.69) is 10.3 Å². The minimum absolute atomic E-state index is 0. The number of ketones is 1. The van der Waals surface area contributed by atoms with Crippen molar-refractivity contribution in [1.29, 1.82) is 5.41 Å². The lowest BCUT2D eigenvalue weighted by Gasteiger charge is -2.37. The molecule has 0 aliphatic carbocycles. The van der Waals surface area contributed by atoms with Crippen LogP contribution < -0.4 is 19.7 Å². The second kappa shape index (κ2) is 13.1. The van der Waals surface area contributed by atoms with Crippen LogP contribution in [-0.2, 0) is 21.5 Å². The number of rotatable bonds is 9. The summed E-state index contributed by atoms with van der Waals surface area (Å²) in [5.41, 5.74) is 2.99. The van der Waals surface area contributed by atoms with Crippen molar-refractivity contribution in [3.05, 3.63) is 46.3 Å². The first-order valence-electron chi connectivity index (χ1n) is 13.9. The van der Waals surface area contributed by atoms with E-state index in [4.69, 9.17) is 19.6 Å². The van der Waals surface area contributed by atoms with Crippen LogP contribution in [0.1, 0.15) is 78.7 Å². The quantitative estimate of drug-likeness (QED) is 0.308. The monoisotopic (exact) mass is 645 g/mol. The normalized spacial score (nSPS) is 15.7. The van der Waals surface area contributed by atoms with Gasteiger partial charge in [0.05, 0.1) is 38.4 Å². The fraction of sp³-hybridized carbons (Fsp3) is 0.500. The first-order chi connectivity index (χ1) is 19.4. The molecule has 0 bridgehead atoms. The number of Topliss-reactive ketones (excluding diaryl/α,β-unsaturated/α-hetero) is 1. The first kappa shape index (κ1) is 32.8. The summed E-state index contributed by atoms with van der Waals surface area (Å²) in [6.45, 7) is 11.2. The van der Waals surface area contributed by atoms with Crippen molar-refractivity contribution in [2.24, 2.45) is 0 Å². The number of ether oxygens (including phenoxy) is 3. The molecule has 4 rings (SSSR count). The molecular formula is C30H40BrN5O6. The number of benzene rings is 1. The zero-order valence-corrected chi connectivity index (χ0v) is 27.0. The minimum atomic E-state index is -0.404. The summed E-state index contributed by atoms with van der Waals surface area (Å²) < 4.78 is 17.1. The summed E-state index contributed by atoms with van der Waals surface area (Å²) in [4.78, 5) is 46.3. The van der Waals surface area contributed by atoms with Gasteiger partial charge in [0.2, 0.25) is 0 Å². The van der Waals surface area contributed by atoms with E-state index in [9.17, 15) is 14.4 Å². The maximum Gasteiger partial charge on any atom is 0.309 e. The molecule has 2 N–H and O–H groups in total. The summed E-state index contributed by atoms with van der Waals surface area (Å²) in [5.74, 6) is 0.219. The molecule has 0 radical (unpaired) electrons. The van der Waals surface area contributed by atoms with Gasteiger partial charge in [-0.1, -0.05) is 20.8 Å². The summed E-state index contributed by atoms with van der Waals surface area (Å²) in [6.07, 6.45) is -0.230. The molecule has 228 valence electrons. The number of anilines is 1. The molecule has 1 unspecified atom stereocenters. The number of carbonyl (C=O) groups excluding carboxylic acids is 3. The Bertz CT molecular complexity index is 1390. The van der Waals surface area contributed by atoms with Crippen LogP contribution in [0.5, 0.6) is 11.5 Å². The number of esters is 1. The van der Waals surface area contributed by atoms with Gasteiger partial charge < -0.3 is 29.3 Å². The van der Waals surface area contributed by atoms with Crippen LogP contribution >= 0.6 is 17.0 Å². The van der Waals surface area contributed by atoms with Gasteiger partial charge in [-0.2, -0.15) is 0 Å². The zero-order chi connectivity index (χ0) is 30.1. The zero-order valence-electron chi connectivity index (χ0n) is 25.3. The highest BCUT2D eigenvalue weighted by molar-refractivity contribution is 8.93. The molecule has 1 aromatic heterocycles. The third-order valence-electron chi connectivity index (χ3n) is 7.12. The van der Waals surface area contributed by atoms with E-state index in [0.717, 1.165) is 16.8 Å². The number of pyridine rings is 1. The number of nitrogens with one attached hydrogen (secondary N) is 2. The number of hydrogen-bond donors (Lipinski definition) is 2. The van der Waals surface area contributed by atoms with Crippen LogP contribution in [0.4, 0.5) is 5.69 Å². The fourth-order valence-corrected chi connectivity index (χ4v) is 5.10. The molecule has 1 amide bonds. The molecule has 3 heterocycles. The highest BCUT2D eigenvalue weighted by Gasteiger charge is 2.34. The predicted molar refractivity (Wildman–Crippen MR) is 165 cm³/mol. The Morgan fingerprint density at radius 3 is 2.50 bits per heavy atom. The predicted octanol–water partition coefficient (Wildman–Crippen LogP) is 3.89. The highest BCUT2D eigenvalue weighted by Crippen LogP contribution is 2.43. The van der Waals surface area contributed by atoms with E-state index in [-0.39, 0.29) is 64.7 Å². The number of halogens is 1. The number of amidine groups is 1. The third-order valence-corrected chi connectivity index (χ3v) is 7.12. The number of hydrogen-bond acceptors (Lipinski definition) is 9. The van der Waals surface area contributed by atoms with Crippen LogP contribution in [-0.4, -0.2) is 79.9 Å². The number of fused-ring (bicyclic) bond motifs is 2.